The van der Waals surface area contributed by atoms with Crippen LogP contribution in [0.1, 0.15) is 28.6 Å². The summed E-state index contributed by atoms with van der Waals surface area (Å²) < 4.78 is 7.25. The lowest BCUT2D eigenvalue weighted by atomic mass is 9.97. The molecule has 28 heavy (non-hydrogen) atoms. The van der Waals surface area contributed by atoms with Crippen LogP contribution in [0, 0.1) is 0 Å². The molecule has 0 saturated heterocycles. The second kappa shape index (κ2) is 7.41. The third-order valence-corrected chi connectivity index (χ3v) is 5.71. The van der Waals surface area contributed by atoms with Crippen molar-refractivity contribution in [2.45, 2.75) is 19.1 Å². The van der Waals surface area contributed by atoms with Crippen molar-refractivity contribution in [3.63, 3.8) is 0 Å². The van der Waals surface area contributed by atoms with E-state index in [1.165, 1.54) is 16.6 Å². The molecule has 0 amide bonds. The van der Waals surface area contributed by atoms with Gasteiger partial charge in [-0.25, -0.2) is 0 Å². The second-order valence-electron chi connectivity index (χ2n) is 7.00. The number of aromatic nitrogens is 2. The van der Waals surface area contributed by atoms with Crippen molar-refractivity contribution in [3.8, 4) is 0 Å². The van der Waals surface area contributed by atoms with Gasteiger partial charge in [-0.3, -0.25) is 4.98 Å². The van der Waals surface area contributed by atoms with E-state index < -0.39 is 0 Å². The molecule has 2 aromatic heterocycles. The molecule has 0 fully saturated rings. The maximum Gasteiger partial charge on any atom is 0.123 e. The van der Waals surface area contributed by atoms with E-state index in [4.69, 9.17) is 4.74 Å². The van der Waals surface area contributed by atoms with Crippen LogP contribution < -0.4 is 5.32 Å². The molecule has 1 atom stereocenters. The number of pyridine rings is 1. The predicted molar refractivity (Wildman–Crippen MR) is 116 cm³/mol. The van der Waals surface area contributed by atoms with Crippen LogP contribution >= 0.6 is 15.9 Å². The van der Waals surface area contributed by atoms with Gasteiger partial charge in [-0.05, 0) is 60.0 Å². The van der Waals surface area contributed by atoms with Crippen LogP contribution in [-0.2, 0) is 17.7 Å². The first-order valence-corrected chi connectivity index (χ1v) is 10.2. The van der Waals surface area contributed by atoms with Crippen molar-refractivity contribution in [3.05, 3.63) is 93.8 Å². The van der Waals surface area contributed by atoms with E-state index in [0.29, 0.717) is 6.54 Å². The Morgan fingerprint density at radius 2 is 2.00 bits per heavy atom. The summed E-state index contributed by atoms with van der Waals surface area (Å²) in [5.41, 5.74) is 6.97. The van der Waals surface area contributed by atoms with Gasteiger partial charge >= 0.3 is 0 Å². The highest BCUT2D eigenvalue weighted by atomic mass is 79.9. The zero-order valence-corrected chi connectivity index (χ0v) is 16.9. The number of rotatable bonds is 4. The maximum absolute atomic E-state index is 6.15. The average molecular weight is 434 g/mol. The van der Waals surface area contributed by atoms with Crippen molar-refractivity contribution in [1.29, 1.82) is 0 Å². The zero-order chi connectivity index (χ0) is 18.9. The van der Waals surface area contributed by atoms with Gasteiger partial charge in [-0.15, -0.1) is 0 Å². The summed E-state index contributed by atoms with van der Waals surface area (Å²) in [6.45, 7) is 1.44. The largest absolute Gasteiger partial charge is 0.379 e. The molecule has 140 valence electrons. The third kappa shape index (κ3) is 3.32. The number of ether oxygens (including phenoxy) is 1. The lowest BCUT2D eigenvalue weighted by Gasteiger charge is -2.24. The Morgan fingerprint density at radius 3 is 2.82 bits per heavy atom. The molecular weight excluding hydrogens is 414 g/mol. The Morgan fingerprint density at radius 1 is 1.11 bits per heavy atom. The number of aromatic amines is 1. The summed E-state index contributed by atoms with van der Waals surface area (Å²) >= 11 is 3.59. The van der Waals surface area contributed by atoms with Gasteiger partial charge in [0.2, 0.25) is 0 Å². The lowest BCUT2D eigenvalue weighted by Crippen LogP contribution is -2.16. The Kier molecular flexibility index (Phi) is 4.63. The fourth-order valence-electron chi connectivity index (χ4n) is 3.83. The number of anilines is 1. The van der Waals surface area contributed by atoms with Gasteiger partial charge in [0.1, 0.15) is 6.10 Å². The van der Waals surface area contributed by atoms with Crippen LogP contribution in [0.3, 0.4) is 0 Å². The zero-order valence-electron chi connectivity index (χ0n) is 15.3. The van der Waals surface area contributed by atoms with E-state index in [1.54, 1.807) is 0 Å². The van der Waals surface area contributed by atoms with Gasteiger partial charge in [-0.2, -0.15) is 0 Å². The van der Waals surface area contributed by atoms with Gasteiger partial charge < -0.3 is 15.0 Å². The predicted octanol–water partition coefficient (Wildman–Crippen LogP) is 5.60. The second-order valence-corrected chi connectivity index (χ2v) is 7.92. The molecule has 5 heteroatoms. The molecule has 5 rings (SSSR count). The van der Waals surface area contributed by atoms with E-state index in [0.717, 1.165) is 40.0 Å². The highest BCUT2D eigenvalue weighted by molar-refractivity contribution is 9.10. The number of hydrogen-bond donors (Lipinski definition) is 2. The number of benzene rings is 2. The minimum absolute atomic E-state index is 0.0558. The van der Waals surface area contributed by atoms with Crippen LogP contribution in [-0.4, -0.2) is 16.6 Å². The van der Waals surface area contributed by atoms with E-state index in [-0.39, 0.29) is 6.10 Å². The molecule has 4 aromatic rings. The van der Waals surface area contributed by atoms with Gasteiger partial charge in [-0.1, -0.05) is 34.1 Å². The van der Waals surface area contributed by atoms with Crippen LogP contribution in [0.4, 0.5) is 5.69 Å². The molecule has 1 aliphatic rings. The molecule has 0 aliphatic carbocycles. The van der Waals surface area contributed by atoms with Gasteiger partial charge in [0.15, 0.2) is 0 Å². The smallest absolute Gasteiger partial charge is 0.123 e. The number of halogens is 1. The molecule has 1 unspecified atom stereocenters. The van der Waals surface area contributed by atoms with Crippen molar-refractivity contribution >= 4 is 32.5 Å². The summed E-state index contributed by atoms with van der Waals surface area (Å²) in [6, 6.07) is 20.8. The van der Waals surface area contributed by atoms with Gasteiger partial charge in [0, 0.05) is 27.3 Å². The summed E-state index contributed by atoms with van der Waals surface area (Å²) in [4.78, 5) is 7.93. The SMILES string of the molecule is Brc1ccc2[nH]c3c(c2c1)CCOC3c1ccc(NCc2ccccn2)cc1. The fourth-order valence-corrected chi connectivity index (χ4v) is 4.19. The van der Waals surface area contributed by atoms with E-state index in [2.05, 4.69) is 73.7 Å². The molecule has 0 radical (unpaired) electrons. The highest BCUT2D eigenvalue weighted by Crippen LogP contribution is 2.37. The highest BCUT2D eigenvalue weighted by Gasteiger charge is 2.26. The number of nitrogens with zero attached hydrogens (tertiary/aromatic N) is 1. The molecule has 3 heterocycles. The van der Waals surface area contributed by atoms with E-state index in [1.807, 2.05) is 24.4 Å². The standard InChI is InChI=1S/C23H20BrN3O/c24-16-6-9-21-20(13-16)19-10-12-28-23(22(19)27-21)15-4-7-17(8-5-15)26-14-18-3-1-2-11-25-18/h1-9,11,13,23,26-27H,10,12,14H2. The third-order valence-electron chi connectivity index (χ3n) is 5.21. The summed E-state index contributed by atoms with van der Waals surface area (Å²) in [5.74, 6) is 0. The number of H-pyrrole nitrogens is 1. The Labute approximate surface area is 172 Å². The van der Waals surface area contributed by atoms with Gasteiger partial charge in [0.05, 0.1) is 24.5 Å². The van der Waals surface area contributed by atoms with E-state index >= 15 is 0 Å². The summed E-state index contributed by atoms with van der Waals surface area (Å²) in [5, 5.41) is 4.71. The number of hydrogen-bond acceptors (Lipinski definition) is 3. The number of fused-ring (bicyclic) bond motifs is 3. The monoisotopic (exact) mass is 433 g/mol. The molecule has 0 bridgehead atoms. The first kappa shape index (κ1) is 17.5. The van der Waals surface area contributed by atoms with Crippen LogP contribution in [0.2, 0.25) is 0 Å². The molecule has 0 spiro atoms. The Hall–Kier alpha value is -2.63. The minimum Gasteiger partial charge on any atom is -0.379 e. The Bertz CT molecular complexity index is 1110. The van der Waals surface area contributed by atoms with Crippen LogP contribution in [0.5, 0.6) is 0 Å². The lowest BCUT2D eigenvalue weighted by molar-refractivity contribution is 0.0677. The maximum atomic E-state index is 6.15. The first-order chi connectivity index (χ1) is 13.8. The van der Waals surface area contributed by atoms with Crippen molar-refractivity contribution in [2.24, 2.45) is 0 Å². The minimum atomic E-state index is -0.0558. The van der Waals surface area contributed by atoms with Crippen LogP contribution in [0.25, 0.3) is 10.9 Å². The van der Waals surface area contributed by atoms with E-state index in [9.17, 15) is 0 Å². The van der Waals surface area contributed by atoms with Crippen molar-refractivity contribution in [2.75, 3.05) is 11.9 Å². The van der Waals surface area contributed by atoms with Crippen LogP contribution in [0.15, 0.2) is 71.3 Å². The number of nitrogens with one attached hydrogen (secondary N) is 2. The summed E-state index contributed by atoms with van der Waals surface area (Å²) in [6.07, 6.45) is 2.70. The topological polar surface area (TPSA) is 49.9 Å². The molecular formula is C23H20BrN3O. The molecule has 4 nitrogen and oxygen atoms in total. The molecule has 2 N–H and O–H groups in total. The first-order valence-electron chi connectivity index (χ1n) is 9.43. The molecule has 0 saturated carbocycles. The normalized spacial score (nSPS) is 16.1. The van der Waals surface area contributed by atoms with Gasteiger partial charge in [0.25, 0.3) is 0 Å². The fraction of sp³-hybridized carbons (Fsp3) is 0.174. The molecule has 2 aromatic carbocycles. The van der Waals surface area contributed by atoms with Crippen molar-refractivity contribution in [1.82, 2.24) is 9.97 Å². The quantitative estimate of drug-likeness (QED) is 0.440. The summed E-state index contributed by atoms with van der Waals surface area (Å²) in [7, 11) is 0. The molecule has 1 aliphatic heterocycles. The Balaban J connectivity index is 1.39. The van der Waals surface area contributed by atoms with Crippen molar-refractivity contribution < 1.29 is 4.74 Å². The average Bonchev–Trinajstić information content (AvgIpc) is 3.11.